The molecule has 7 nitrogen and oxygen atoms in total. The zero-order valence-corrected chi connectivity index (χ0v) is 22.0. The van der Waals surface area contributed by atoms with Gasteiger partial charge in [-0.05, 0) is 32.9 Å². The second kappa shape index (κ2) is 12.5. The maximum atomic E-state index is 10.7. The van der Waals surface area contributed by atoms with Gasteiger partial charge in [0.05, 0.1) is 35.5 Å². The number of ether oxygens (including phenoxy) is 3. The fourth-order valence-corrected chi connectivity index (χ4v) is 3.83. The van der Waals surface area contributed by atoms with Gasteiger partial charge in [0.25, 0.3) is 0 Å². The molecule has 1 aromatic heterocycles. The number of benzene rings is 2. The van der Waals surface area contributed by atoms with Crippen LogP contribution in [0.25, 0.3) is 11.3 Å². The standard InChI is InChI=1S/C27H36ClN3O4/c1-27(2,3)34-19-21(32)17-31(15-16-33-5)18-22-25(20-11-7-6-8-12-20)29-30(4)26(22)35-24-14-10-9-13-23(24)28/h6-14,21,32H,15-19H2,1-5H3/t21-/m1/s1. The van der Waals surface area contributed by atoms with Gasteiger partial charge in [0, 0.05) is 39.4 Å². The molecule has 3 aromatic rings. The molecule has 0 radical (unpaired) electrons. The number of aliphatic hydroxyl groups is 1. The van der Waals surface area contributed by atoms with Crippen LogP contribution in [0.4, 0.5) is 0 Å². The van der Waals surface area contributed by atoms with Crippen LogP contribution in [0.5, 0.6) is 11.6 Å². The van der Waals surface area contributed by atoms with Crippen LogP contribution >= 0.6 is 11.6 Å². The Hall–Kier alpha value is -2.42. The third kappa shape index (κ3) is 8.05. The summed E-state index contributed by atoms with van der Waals surface area (Å²) in [4.78, 5) is 2.13. The van der Waals surface area contributed by atoms with E-state index in [9.17, 15) is 5.11 Å². The van der Waals surface area contributed by atoms with E-state index >= 15 is 0 Å². The Bertz CT molecular complexity index is 1070. The molecule has 0 fully saturated rings. The normalized spacial score (nSPS) is 12.8. The predicted octanol–water partition coefficient (Wildman–Crippen LogP) is 5.16. The van der Waals surface area contributed by atoms with Crippen molar-refractivity contribution >= 4 is 11.6 Å². The highest BCUT2D eigenvalue weighted by Gasteiger charge is 2.24. The van der Waals surface area contributed by atoms with Gasteiger partial charge in [-0.1, -0.05) is 54.1 Å². The van der Waals surface area contributed by atoms with Gasteiger partial charge >= 0.3 is 0 Å². The van der Waals surface area contributed by atoms with Crippen LogP contribution in [-0.4, -0.2) is 64.9 Å². The van der Waals surface area contributed by atoms with E-state index in [-0.39, 0.29) is 12.2 Å². The molecule has 0 aliphatic carbocycles. The Morgan fingerprint density at radius 3 is 2.43 bits per heavy atom. The Morgan fingerprint density at radius 1 is 1.09 bits per heavy atom. The van der Waals surface area contributed by atoms with Crippen molar-refractivity contribution in [3.8, 4) is 22.9 Å². The summed E-state index contributed by atoms with van der Waals surface area (Å²) in [5, 5.41) is 16.0. The number of hydrogen-bond donors (Lipinski definition) is 1. The molecular weight excluding hydrogens is 466 g/mol. The van der Waals surface area contributed by atoms with Crippen LogP contribution in [0, 0.1) is 0 Å². The fraction of sp³-hybridized carbons (Fsp3) is 0.444. The largest absolute Gasteiger partial charge is 0.437 e. The molecule has 35 heavy (non-hydrogen) atoms. The van der Waals surface area contributed by atoms with Crippen molar-refractivity contribution in [2.24, 2.45) is 7.05 Å². The summed E-state index contributed by atoms with van der Waals surface area (Å²) in [7, 11) is 3.52. The monoisotopic (exact) mass is 501 g/mol. The summed E-state index contributed by atoms with van der Waals surface area (Å²) >= 11 is 6.39. The van der Waals surface area contributed by atoms with Crippen molar-refractivity contribution in [1.82, 2.24) is 14.7 Å². The highest BCUT2D eigenvalue weighted by atomic mass is 35.5. The number of halogens is 1. The van der Waals surface area contributed by atoms with Crippen molar-refractivity contribution in [3.63, 3.8) is 0 Å². The lowest BCUT2D eigenvalue weighted by Gasteiger charge is -2.27. The molecule has 0 amide bonds. The number of hydrogen-bond acceptors (Lipinski definition) is 6. The second-order valence-corrected chi connectivity index (χ2v) is 9.87. The summed E-state index contributed by atoms with van der Waals surface area (Å²) in [5.41, 5.74) is 2.38. The summed E-state index contributed by atoms with van der Waals surface area (Å²) in [6, 6.07) is 17.4. The molecule has 1 atom stereocenters. The molecule has 0 aliphatic rings. The third-order valence-corrected chi connectivity index (χ3v) is 5.66. The SMILES string of the molecule is COCCN(Cc1c(-c2ccccc2)nn(C)c1Oc1ccccc1Cl)C[C@@H](O)COC(C)(C)C. The lowest BCUT2D eigenvalue weighted by atomic mass is 10.1. The minimum atomic E-state index is -0.657. The molecular formula is C27H36ClN3O4. The summed E-state index contributed by atoms with van der Waals surface area (Å²) in [5.74, 6) is 1.15. The van der Waals surface area contributed by atoms with Crippen LogP contribution < -0.4 is 4.74 Å². The van der Waals surface area contributed by atoms with Gasteiger partial charge in [-0.3, -0.25) is 4.90 Å². The van der Waals surface area contributed by atoms with E-state index in [0.717, 1.165) is 16.8 Å². The third-order valence-electron chi connectivity index (χ3n) is 5.35. The van der Waals surface area contributed by atoms with E-state index in [2.05, 4.69) is 4.90 Å². The van der Waals surface area contributed by atoms with Crippen LogP contribution in [-0.2, 0) is 23.1 Å². The lowest BCUT2D eigenvalue weighted by Crippen LogP contribution is -2.38. The van der Waals surface area contributed by atoms with Crippen molar-refractivity contribution < 1.29 is 19.3 Å². The van der Waals surface area contributed by atoms with Gasteiger partial charge in [-0.25, -0.2) is 4.68 Å². The smallest absolute Gasteiger partial charge is 0.222 e. The molecule has 2 aromatic carbocycles. The molecule has 1 heterocycles. The highest BCUT2D eigenvalue weighted by Crippen LogP contribution is 2.36. The maximum Gasteiger partial charge on any atom is 0.222 e. The van der Waals surface area contributed by atoms with Crippen molar-refractivity contribution in [1.29, 1.82) is 0 Å². The van der Waals surface area contributed by atoms with Gasteiger partial charge in [-0.15, -0.1) is 0 Å². The number of rotatable bonds is 12. The minimum Gasteiger partial charge on any atom is -0.437 e. The number of aromatic nitrogens is 2. The topological polar surface area (TPSA) is 69.0 Å². The van der Waals surface area contributed by atoms with Gasteiger partial charge in [0.2, 0.25) is 5.88 Å². The lowest BCUT2D eigenvalue weighted by molar-refractivity contribution is -0.0576. The molecule has 8 heteroatoms. The molecule has 0 aliphatic heterocycles. The molecule has 190 valence electrons. The average molecular weight is 502 g/mol. The quantitative estimate of drug-likeness (QED) is 0.370. The Kier molecular flexibility index (Phi) is 9.71. The van der Waals surface area contributed by atoms with Crippen LogP contribution in [0.3, 0.4) is 0 Å². The molecule has 1 N–H and O–H groups in total. The number of para-hydroxylation sites is 1. The molecule has 0 unspecified atom stereocenters. The van der Waals surface area contributed by atoms with Crippen LogP contribution in [0.1, 0.15) is 26.3 Å². The van der Waals surface area contributed by atoms with Gasteiger partial charge < -0.3 is 19.3 Å². The number of aliphatic hydroxyl groups excluding tert-OH is 1. The van der Waals surface area contributed by atoms with Gasteiger partial charge in [0.15, 0.2) is 0 Å². The number of aryl methyl sites for hydroxylation is 1. The number of nitrogens with zero attached hydrogens (tertiary/aromatic N) is 3. The van der Waals surface area contributed by atoms with E-state index in [4.69, 9.17) is 30.9 Å². The van der Waals surface area contributed by atoms with Crippen molar-refractivity contribution in [2.75, 3.05) is 33.4 Å². The number of methoxy groups -OCH3 is 1. The van der Waals surface area contributed by atoms with Crippen molar-refractivity contribution in [2.45, 2.75) is 39.0 Å². The molecule has 0 saturated carbocycles. The van der Waals surface area contributed by atoms with Crippen LogP contribution in [0.2, 0.25) is 5.02 Å². The van der Waals surface area contributed by atoms with Crippen molar-refractivity contribution in [3.05, 3.63) is 65.2 Å². The Morgan fingerprint density at radius 2 is 1.77 bits per heavy atom. The first-order valence-corrected chi connectivity index (χ1v) is 12.1. The average Bonchev–Trinajstić information content (AvgIpc) is 3.12. The van der Waals surface area contributed by atoms with E-state index in [0.29, 0.717) is 42.9 Å². The zero-order valence-electron chi connectivity index (χ0n) is 21.2. The minimum absolute atomic E-state index is 0.245. The van der Waals surface area contributed by atoms with E-state index in [1.54, 1.807) is 17.9 Å². The van der Waals surface area contributed by atoms with E-state index in [1.165, 1.54) is 0 Å². The fourth-order valence-electron chi connectivity index (χ4n) is 3.66. The summed E-state index contributed by atoms with van der Waals surface area (Å²) in [6.45, 7) is 8.22. The van der Waals surface area contributed by atoms with E-state index < -0.39 is 6.10 Å². The second-order valence-electron chi connectivity index (χ2n) is 9.46. The Labute approximate surface area is 213 Å². The summed E-state index contributed by atoms with van der Waals surface area (Å²) in [6.07, 6.45) is -0.657. The molecule has 3 rings (SSSR count). The van der Waals surface area contributed by atoms with Gasteiger partial charge in [-0.2, -0.15) is 5.10 Å². The van der Waals surface area contributed by atoms with Crippen LogP contribution in [0.15, 0.2) is 54.6 Å². The zero-order chi connectivity index (χ0) is 25.4. The van der Waals surface area contributed by atoms with E-state index in [1.807, 2.05) is 76.3 Å². The Balaban J connectivity index is 1.94. The maximum absolute atomic E-state index is 10.7. The first kappa shape index (κ1) is 27.2. The summed E-state index contributed by atoms with van der Waals surface area (Å²) < 4.78 is 19.2. The molecule has 0 spiro atoms. The predicted molar refractivity (Wildman–Crippen MR) is 139 cm³/mol. The highest BCUT2D eigenvalue weighted by molar-refractivity contribution is 6.32. The molecule has 0 bridgehead atoms. The first-order valence-electron chi connectivity index (χ1n) is 11.7. The first-order chi connectivity index (χ1) is 16.7. The molecule has 0 saturated heterocycles. The van der Waals surface area contributed by atoms with Gasteiger partial charge in [0.1, 0.15) is 11.4 Å².